The fourth-order valence-electron chi connectivity index (χ4n) is 1.60. The van der Waals surface area contributed by atoms with Gasteiger partial charge in [0.1, 0.15) is 17.4 Å². The molecule has 0 bridgehead atoms. The zero-order valence-corrected chi connectivity index (χ0v) is 14.1. The smallest absolute Gasteiger partial charge is 0.225 e. The molecule has 1 aromatic heterocycles. The number of ether oxygens (including phenoxy) is 1. The molecular formula is C14H15BrFN3OS. The predicted molar refractivity (Wildman–Crippen MR) is 86.8 cm³/mol. The van der Waals surface area contributed by atoms with Crippen LogP contribution in [0.4, 0.5) is 10.2 Å². The van der Waals surface area contributed by atoms with E-state index in [4.69, 9.17) is 4.74 Å². The first-order valence-electron chi connectivity index (χ1n) is 6.41. The van der Waals surface area contributed by atoms with Crippen LogP contribution >= 0.6 is 27.7 Å². The van der Waals surface area contributed by atoms with Gasteiger partial charge in [-0.15, -0.1) is 0 Å². The molecule has 0 radical (unpaired) electrons. The molecule has 0 saturated carbocycles. The molecule has 0 amide bonds. The van der Waals surface area contributed by atoms with E-state index in [-0.39, 0.29) is 5.82 Å². The van der Waals surface area contributed by atoms with Gasteiger partial charge in [0.15, 0.2) is 5.16 Å². The fraction of sp³-hybridized carbons (Fsp3) is 0.286. The van der Waals surface area contributed by atoms with Gasteiger partial charge in [0, 0.05) is 23.2 Å². The Labute approximate surface area is 135 Å². The largest absolute Gasteiger partial charge is 0.439 e. The summed E-state index contributed by atoms with van der Waals surface area (Å²) in [5, 5.41) is 3.79. The highest BCUT2D eigenvalue weighted by molar-refractivity contribution is 9.10. The van der Waals surface area contributed by atoms with E-state index in [1.165, 1.54) is 23.9 Å². The second-order valence-electron chi connectivity index (χ2n) is 4.21. The van der Waals surface area contributed by atoms with E-state index in [0.29, 0.717) is 27.1 Å². The van der Waals surface area contributed by atoms with E-state index in [1.54, 1.807) is 12.1 Å². The lowest BCUT2D eigenvalue weighted by atomic mass is 10.3. The summed E-state index contributed by atoms with van der Waals surface area (Å²) in [7, 11) is 0. The average molecular weight is 372 g/mol. The van der Waals surface area contributed by atoms with Crippen LogP contribution in [-0.2, 0) is 0 Å². The van der Waals surface area contributed by atoms with Crippen molar-refractivity contribution in [2.45, 2.75) is 18.5 Å². The van der Waals surface area contributed by atoms with Crippen molar-refractivity contribution in [2.24, 2.45) is 0 Å². The number of halogens is 2. The number of hydrogen-bond donors (Lipinski definition) is 1. The molecule has 0 aliphatic heterocycles. The van der Waals surface area contributed by atoms with Gasteiger partial charge in [0.25, 0.3) is 0 Å². The second-order valence-corrected chi connectivity index (χ2v) is 5.90. The van der Waals surface area contributed by atoms with Crippen LogP contribution in [0.25, 0.3) is 0 Å². The molecule has 7 heteroatoms. The van der Waals surface area contributed by atoms with Crippen molar-refractivity contribution in [3.05, 3.63) is 34.6 Å². The number of rotatable bonds is 6. The van der Waals surface area contributed by atoms with Crippen molar-refractivity contribution < 1.29 is 9.13 Å². The van der Waals surface area contributed by atoms with Gasteiger partial charge in [-0.25, -0.2) is 9.37 Å². The predicted octanol–water partition coefficient (Wildman–Crippen LogP) is 4.71. The lowest BCUT2D eigenvalue weighted by Crippen LogP contribution is -2.04. The van der Waals surface area contributed by atoms with Gasteiger partial charge in [-0.3, -0.25) is 0 Å². The Morgan fingerprint density at radius 3 is 2.76 bits per heavy atom. The molecule has 0 fully saturated rings. The zero-order valence-electron chi connectivity index (χ0n) is 11.7. The quantitative estimate of drug-likeness (QED) is 0.588. The molecule has 0 saturated heterocycles. The van der Waals surface area contributed by atoms with Gasteiger partial charge in [0.2, 0.25) is 5.88 Å². The molecule has 0 aliphatic carbocycles. The third-order valence-corrected chi connectivity index (χ3v) is 3.48. The summed E-state index contributed by atoms with van der Waals surface area (Å²) >= 11 is 4.66. The third kappa shape index (κ3) is 4.86. The summed E-state index contributed by atoms with van der Waals surface area (Å²) in [4.78, 5) is 8.61. The first kappa shape index (κ1) is 16.0. The fourth-order valence-corrected chi connectivity index (χ4v) is 2.41. The lowest BCUT2D eigenvalue weighted by Gasteiger charge is -2.09. The van der Waals surface area contributed by atoms with Crippen molar-refractivity contribution in [3.63, 3.8) is 0 Å². The van der Waals surface area contributed by atoms with Gasteiger partial charge in [0.05, 0.1) is 0 Å². The molecule has 4 nitrogen and oxygen atoms in total. The normalized spacial score (nSPS) is 10.5. The summed E-state index contributed by atoms with van der Waals surface area (Å²) < 4.78 is 19.6. The molecule has 112 valence electrons. The van der Waals surface area contributed by atoms with Gasteiger partial charge in [-0.05, 0) is 24.8 Å². The first-order chi connectivity index (χ1) is 10.1. The maximum absolute atomic E-state index is 13.4. The SMILES string of the molecule is CCCNc1cc(Oc2cc(F)cc(Br)c2)nc(SC)n1. The maximum atomic E-state index is 13.4. The number of nitrogens with one attached hydrogen (secondary N) is 1. The number of aromatic nitrogens is 2. The van der Waals surface area contributed by atoms with Crippen molar-refractivity contribution in [1.29, 1.82) is 0 Å². The van der Waals surface area contributed by atoms with Crippen LogP contribution in [-0.4, -0.2) is 22.8 Å². The van der Waals surface area contributed by atoms with Crippen LogP contribution in [0.15, 0.2) is 33.9 Å². The van der Waals surface area contributed by atoms with Crippen molar-refractivity contribution in [3.8, 4) is 11.6 Å². The van der Waals surface area contributed by atoms with E-state index in [9.17, 15) is 4.39 Å². The summed E-state index contributed by atoms with van der Waals surface area (Å²) in [5.74, 6) is 1.09. The molecule has 0 atom stereocenters. The number of nitrogens with zero attached hydrogens (tertiary/aromatic N) is 2. The van der Waals surface area contributed by atoms with E-state index in [2.05, 4.69) is 38.1 Å². The summed E-state index contributed by atoms with van der Waals surface area (Å²) in [6.45, 7) is 2.89. The second kappa shape index (κ2) is 7.61. The van der Waals surface area contributed by atoms with Gasteiger partial charge in [-0.2, -0.15) is 4.98 Å². The molecule has 1 N–H and O–H groups in total. The highest BCUT2D eigenvalue weighted by Crippen LogP contribution is 2.27. The van der Waals surface area contributed by atoms with Crippen LogP contribution < -0.4 is 10.1 Å². The van der Waals surface area contributed by atoms with Crippen molar-refractivity contribution in [2.75, 3.05) is 18.1 Å². The highest BCUT2D eigenvalue weighted by Gasteiger charge is 2.07. The Bertz CT molecular complexity index is 607. The van der Waals surface area contributed by atoms with E-state index < -0.39 is 0 Å². The first-order valence-corrected chi connectivity index (χ1v) is 8.43. The Morgan fingerprint density at radius 2 is 2.10 bits per heavy atom. The van der Waals surface area contributed by atoms with Crippen LogP contribution in [0.3, 0.4) is 0 Å². The number of hydrogen-bond acceptors (Lipinski definition) is 5. The van der Waals surface area contributed by atoms with E-state index in [1.807, 2.05) is 6.26 Å². The maximum Gasteiger partial charge on any atom is 0.225 e. The van der Waals surface area contributed by atoms with E-state index in [0.717, 1.165) is 13.0 Å². The molecule has 21 heavy (non-hydrogen) atoms. The van der Waals surface area contributed by atoms with Gasteiger partial charge < -0.3 is 10.1 Å². The van der Waals surface area contributed by atoms with Crippen LogP contribution in [0.5, 0.6) is 11.6 Å². The third-order valence-electron chi connectivity index (χ3n) is 2.48. The molecule has 0 aliphatic rings. The van der Waals surface area contributed by atoms with Crippen molar-refractivity contribution in [1.82, 2.24) is 9.97 Å². The molecule has 2 rings (SSSR count). The highest BCUT2D eigenvalue weighted by atomic mass is 79.9. The molecule has 0 unspecified atom stereocenters. The lowest BCUT2D eigenvalue weighted by molar-refractivity contribution is 0.451. The molecular weight excluding hydrogens is 357 g/mol. The summed E-state index contributed by atoms with van der Waals surface area (Å²) in [5.41, 5.74) is 0. The van der Waals surface area contributed by atoms with Crippen LogP contribution in [0.1, 0.15) is 13.3 Å². The Kier molecular flexibility index (Phi) is 5.81. The van der Waals surface area contributed by atoms with E-state index >= 15 is 0 Å². The number of thioether (sulfide) groups is 1. The molecule has 1 heterocycles. The van der Waals surface area contributed by atoms with Crippen LogP contribution in [0.2, 0.25) is 0 Å². The Balaban J connectivity index is 2.25. The zero-order chi connectivity index (χ0) is 15.2. The van der Waals surface area contributed by atoms with Gasteiger partial charge >= 0.3 is 0 Å². The standard InChI is InChI=1S/C14H15BrFN3OS/c1-3-4-17-12-8-13(19-14(18-12)21-2)20-11-6-9(15)5-10(16)7-11/h5-8H,3-4H2,1-2H3,(H,17,18,19). The van der Waals surface area contributed by atoms with Crippen molar-refractivity contribution >= 4 is 33.5 Å². The average Bonchev–Trinajstić information content (AvgIpc) is 2.43. The molecule has 1 aromatic carbocycles. The number of benzene rings is 1. The Morgan fingerprint density at radius 1 is 1.29 bits per heavy atom. The topological polar surface area (TPSA) is 47.0 Å². The van der Waals surface area contributed by atoms with Gasteiger partial charge in [-0.1, -0.05) is 34.6 Å². The minimum Gasteiger partial charge on any atom is -0.439 e. The minimum atomic E-state index is -0.372. The Hall–Kier alpha value is -1.34. The minimum absolute atomic E-state index is 0.372. The molecule has 0 spiro atoms. The van der Waals surface area contributed by atoms with Crippen LogP contribution in [0, 0.1) is 5.82 Å². The molecule has 2 aromatic rings. The summed E-state index contributed by atoms with van der Waals surface area (Å²) in [6.07, 6.45) is 2.88. The number of anilines is 1. The monoisotopic (exact) mass is 371 g/mol. The summed E-state index contributed by atoms with van der Waals surface area (Å²) in [6, 6.07) is 6.07.